The van der Waals surface area contributed by atoms with Crippen molar-refractivity contribution in [3.05, 3.63) is 33.5 Å². The molecule has 0 saturated carbocycles. The standard InChI is InChI=1S/C13H16N4S/c1-2-7-17-11(3-1)15-16-13(17)12-9-5-8-18-10(9)4-6-14-12/h5,8,12,14H,1-4,6-7H2. The summed E-state index contributed by atoms with van der Waals surface area (Å²) in [7, 11) is 0. The number of aromatic nitrogens is 3. The van der Waals surface area contributed by atoms with Crippen LogP contribution in [0, 0.1) is 0 Å². The molecule has 0 spiro atoms. The van der Waals surface area contributed by atoms with Crippen LogP contribution in [-0.2, 0) is 19.4 Å². The zero-order valence-electron chi connectivity index (χ0n) is 10.2. The van der Waals surface area contributed by atoms with E-state index in [1.165, 1.54) is 29.1 Å². The molecule has 4 rings (SSSR count). The highest BCUT2D eigenvalue weighted by Gasteiger charge is 2.28. The molecule has 2 aromatic heterocycles. The SMILES string of the molecule is c1cc2c(s1)CCNC2c1nnc2n1CCCC2. The predicted molar refractivity (Wildman–Crippen MR) is 70.8 cm³/mol. The molecule has 0 saturated heterocycles. The van der Waals surface area contributed by atoms with Crippen molar-refractivity contribution in [2.45, 2.75) is 38.3 Å². The molecule has 18 heavy (non-hydrogen) atoms. The van der Waals surface area contributed by atoms with Gasteiger partial charge in [-0.3, -0.25) is 0 Å². The minimum atomic E-state index is 0.249. The molecule has 1 unspecified atom stereocenters. The number of hydrogen-bond donors (Lipinski definition) is 1. The second-order valence-corrected chi connectivity index (χ2v) is 6.02. The number of thiophene rings is 1. The summed E-state index contributed by atoms with van der Waals surface area (Å²) in [5, 5.41) is 14.6. The van der Waals surface area contributed by atoms with Crippen molar-refractivity contribution in [2.75, 3.05) is 6.54 Å². The fraction of sp³-hybridized carbons (Fsp3) is 0.538. The number of rotatable bonds is 1. The Kier molecular flexibility index (Phi) is 2.48. The lowest BCUT2D eigenvalue weighted by molar-refractivity contribution is 0.470. The Bertz CT molecular complexity index is 571. The van der Waals surface area contributed by atoms with Crippen molar-refractivity contribution in [3.8, 4) is 0 Å². The van der Waals surface area contributed by atoms with Gasteiger partial charge in [-0.2, -0.15) is 0 Å². The molecule has 0 amide bonds. The Morgan fingerprint density at radius 3 is 3.28 bits per heavy atom. The van der Waals surface area contributed by atoms with E-state index in [9.17, 15) is 0 Å². The van der Waals surface area contributed by atoms with Crippen molar-refractivity contribution >= 4 is 11.3 Å². The summed E-state index contributed by atoms with van der Waals surface area (Å²) in [6.07, 6.45) is 4.72. The molecule has 1 atom stereocenters. The number of fused-ring (bicyclic) bond motifs is 2. The summed E-state index contributed by atoms with van der Waals surface area (Å²) in [5.74, 6) is 2.28. The van der Waals surface area contributed by atoms with Crippen LogP contribution in [0.1, 0.15) is 41.0 Å². The maximum absolute atomic E-state index is 4.46. The van der Waals surface area contributed by atoms with Gasteiger partial charge in [-0.05, 0) is 36.3 Å². The summed E-state index contributed by atoms with van der Waals surface area (Å²) < 4.78 is 2.33. The Morgan fingerprint density at radius 2 is 2.28 bits per heavy atom. The third-order valence-corrected chi connectivity index (χ3v) is 4.93. The Labute approximate surface area is 110 Å². The van der Waals surface area contributed by atoms with E-state index in [0.717, 1.165) is 31.8 Å². The molecule has 94 valence electrons. The van der Waals surface area contributed by atoms with Gasteiger partial charge in [0.15, 0.2) is 5.82 Å². The maximum atomic E-state index is 4.46. The van der Waals surface area contributed by atoms with Gasteiger partial charge in [0.25, 0.3) is 0 Å². The number of hydrogen-bond acceptors (Lipinski definition) is 4. The van der Waals surface area contributed by atoms with Crippen molar-refractivity contribution in [2.24, 2.45) is 0 Å². The van der Waals surface area contributed by atoms with Crippen LogP contribution in [0.3, 0.4) is 0 Å². The first-order valence-corrected chi connectivity index (χ1v) is 7.53. The highest BCUT2D eigenvalue weighted by Crippen LogP contribution is 2.32. The van der Waals surface area contributed by atoms with Crippen LogP contribution in [0.4, 0.5) is 0 Å². The quantitative estimate of drug-likeness (QED) is 0.851. The van der Waals surface area contributed by atoms with Gasteiger partial charge in [-0.1, -0.05) is 0 Å². The smallest absolute Gasteiger partial charge is 0.154 e. The third-order valence-electron chi connectivity index (χ3n) is 3.94. The van der Waals surface area contributed by atoms with Gasteiger partial charge in [0, 0.05) is 24.4 Å². The monoisotopic (exact) mass is 260 g/mol. The van der Waals surface area contributed by atoms with Crippen molar-refractivity contribution in [3.63, 3.8) is 0 Å². The summed E-state index contributed by atoms with van der Waals surface area (Å²) in [6.45, 7) is 2.12. The summed E-state index contributed by atoms with van der Waals surface area (Å²) in [5.41, 5.74) is 1.41. The molecule has 0 aromatic carbocycles. The molecule has 5 heteroatoms. The molecule has 0 fully saturated rings. The Morgan fingerprint density at radius 1 is 1.28 bits per heavy atom. The fourth-order valence-corrected chi connectivity index (χ4v) is 3.95. The predicted octanol–water partition coefficient (Wildman–Crippen LogP) is 1.91. The summed E-state index contributed by atoms with van der Waals surface area (Å²) in [4.78, 5) is 1.51. The first kappa shape index (κ1) is 10.7. The van der Waals surface area contributed by atoms with Gasteiger partial charge in [-0.25, -0.2) is 0 Å². The molecule has 4 nitrogen and oxygen atoms in total. The highest BCUT2D eigenvalue weighted by atomic mass is 32.1. The third kappa shape index (κ3) is 1.54. The second-order valence-electron chi connectivity index (χ2n) is 5.02. The van der Waals surface area contributed by atoms with Gasteiger partial charge in [0.2, 0.25) is 0 Å². The van der Waals surface area contributed by atoms with Gasteiger partial charge in [0.1, 0.15) is 5.82 Å². The van der Waals surface area contributed by atoms with E-state index in [1.807, 2.05) is 11.3 Å². The molecule has 1 N–H and O–H groups in total. The molecule has 0 radical (unpaired) electrons. The van der Waals surface area contributed by atoms with Crippen LogP contribution in [0.25, 0.3) is 0 Å². The Hall–Kier alpha value is -1.20. The van der Waals surface area contributed by atoms with Crippen molar-refractivity contribution < 1.29 is 0 Å². The van der Waals surface area contributed by atoms with E-state index >= 15 is 0 Å². The first-order chi connectivity index (χ1) is 8.93. The van der Waals surface area contributed by atoms with E-state index in [4.69, 9.17) is 0 Å². The lowest BCUT2D eigenvalue weighted by atomic mass is 10.0. The van der Waals surface area contributed by atoms with E-state index < -0.39 is 0 Å². The first-order valence-electron chi connectivity index (χ1n) is 6.65. The topological polar surface area (TPSA) is 42.7 Å². The average molecular weight is 260 g/mol. The fourth-order valence-electron chi connectivity index (χ4n) is 3.03. The molecule has 2 aliphatic heterocycles. The van der Waals surface area contributed by atoms with Crippen LogP contribution < -0.4 is 5.32 Å². The van der Waals surface area contributed by atoms with E-state index in [1.54, 1.807) is 0 Å². The van der Waals surface area contributed by atoms with Crippen LogP contribution in [0.5, 0.6) is 0 Å². The summed E-state index contributed by atoms with van der Waals surface area (Å²) >= 11 is 1.87. The number of aryl methyl sites for hydroxylation is 1. The molecule has 2 aliphatic rings. The van der Waals surface area contributed by atoms with Gasteiger partial charge >= 0.3 is 0 Å². The highest BCUT2D eigenvalue weighted by molar-refractivity contribution is 7.10. The minimum absolute atomic E-state index is 0.249. The van der Waals surface area contributed by atoms with E-state index in [-0.39, 0.29) is 6.04 Å². The second kappa shape index (κ2) is 4.17. The normalized spacial score (nSPS) is 22.6. The van der Waals surface area contributed by atoms with Crippen LogP contribution in [-0.4, -0.2) is 21.3 Å². The Balaban J connectivity index is 1.79. The molecule has 4 heterocycles. The van der Waals surface area contributed by atoms with Gasteiger partial charge < -0.3 is 9.88 Å². The van der Waals surface area contributed by atoms with Crippen LogP contribution >= 0.6 is 11.3 Å². The zero-order chi connectivity index (χ0) is 11.9. The molecular weight excluding hydrogens is 244 g/mol. The van der Waals surface area contributed by atoms with Gasteiger partial charge in [-0.15, -0.1) is 21.5 Å². The van der Waals surface area contributed by atoms with Crippen LogP contribution in [0.2, 0.25) is 0 Å². The lowest BCUT2D eigenvalue weighted by Gasteiger charge is -2.25. The zero-order valence-corrected chi connectivity index (χ0v) is 11.0. The maximum Gasteiger partial charge on any atom is 0.154 e. The molecule has 2 aromatic rings. The molecular formula is C13H16N4S. The van der Waals surface area contributed by atoms with Crippen molar-refractivity contribution in [1.29, 1.82) is 0 Å². The summed E-state index contributed by atoms with van der Waals surface area (Å²) in [6, 6.07) is 2.49. The number of nitrogens with zero attached hydrogens (tertiary/aromatic N) is 3. The van der Waals surface area contributed by atoms with E-state index in [2.05, 4.69) is 31.5 Å². The minimum Gasteiger partial charge on any atom is -0.313 e. The molecule has 0 bridgehead atoms. The molecule has 0 aliphatic carbocycles. The number of nitrogens with one attached hydrogen (secondary N) is 1. The lowest BCUT2D eigenvalue weighted by Crippen LogP contribution is -2.32. The van der Waals surface area contributed by atoms with Crippen LogP contribution in [0.15, 0.2) is 11.4 Å². The largest absolute Gasteiger partial charge is 0.313 e. The average Bonchev–Trinajstić information content (AvgIpc) is 3.05. The van der Waals surface area contributed by atoms with Crippen molar-refractivity contribution in [1.82, 2.24) is 20.1 Å². The van der Waals surface area contributed by atoms with E-state index in [0.29, 0.717) is 0 Å². The van der Waals surface area contributed by atoms with Gasteiger partial charge in [0.05, 0.1) is 6.04 Å².